The van der Waals surface area contributed by atoms with E-state index < -0.39 is 5.54 Å². The molecule has 0 saturated carbocycles. The number of amides is 1. The van der Waals surface area contributed by atoms with E-state index >= 15 is 0 Å². The summed E-state index contributed by atoms with van der Waals surface area (Å²) in [6.45, 7) is 3.52. The van der Waals surface area contributed by atoms with Gasteiger partial charge in [0.2, 0.25) is 5.91 Å². The Balaban J connectivity index is 0.00000110. The highest BCUT2D eigenvalue weighted by molar-refractivity contribution is 5.86. The normalized spacial score (nSPS) is 31.5. The zero-order valence-electron chi connectivity index (χ0n) is 12.4. The second-order valence-electron chi connectivity index (χ2n) is 6.24. The number of carbonyl (C=O) groups is 1. The third kappa shape index (κ3) is 4.02. The van der Waals surface area contributed by atoms with Crippen molar-refractivity contribution in [1.29, 1.82) is 0 Å². The molecule has 124 valence electrons. The van der Waals surface area contributed by atoms with Crippen molar-refractivity contribution in [3.63, 3.8) is 0 Å². The summed E-state index contributed by atoms with van der Waals surface area (Å²) >= 11 is 0. The topological polar surface area (TPSA) is 67.6 Å². The zero-order valence-corrected chi connectivity index (χ0v) is 14.0. The molecular weight excluding hydrogens is 313 g/mol. The molecule has 0 aliphatic carbocycles. The van der Waals surface area contributed by atoms with Crippen LogP contribution in [0.2, 0.25) is 0 Å². The molecule has 3 aliphatic heterocycles. The Bertz CT molecular complexity index is 351. The van der Waals surface area contributed by atoms with Crippen molar-refractivity contribution >= 4 is 30.7 Å². The van der Waals surface area contributed by atoms with Crippen LogP contribution < -0.4 is 11.1 Å². The fraction of sp³-hybridized carbons (Fsp3) is 0.929. The largest absolute Gasteiger partial charge is 0.381 e. The van der Waals surface area contributed by atoms with Crippen LogP contribution in [-0.4, -0.2) is 54.7 Å². The Morgan fingerprint density at radius 1 is 1.14 bits per heavy atom. The Morgan fingerprint density at radius 3 is 2.57 bits per heavy atom. The van der Waals surface area contributed by atoms with Gasteiger partial charge in [-0.2, -0.15) is 0 Å². The van der Waals surface area contributed by atoms with Crippen molar-refractivity contribution in [2.75, 3.05) is 26.3 Å². The van der Waals surface area contributed by atoms with Gasteiger partial charge in [-0.15, -0.1) is 24.8 Å². The summed E-state index contributed by atoms with van der Waals surface area (Å²) in [5, 5.41) is 3.23. The summed E-state index contributed by atoms with van der Waals surface area (Å²) in [7, 11) is 0. The first kappa shape index (κ1) is 19.0. The Hall–Kier alpha value is -0.0700. The molecule has 3 heterocycles. The van der Waals surface area contributed by atoms with Crippen molar-refractivity contribution < 1.29 is 9.53 Å². The van der Waals surface area contributed by atoms with Gasteiger partial charge in [0, 0.05) is 31.8 Å². The summed E-state index contributed by atoms with van der Waals surface area (Å²) in [4.78, 5) is 15.0. The molecule has 1 amide bonds. The van der Waals surface area contributed by atoms with E-state index in [1.807, 2.05) is 0 Å². The van der Waals surface area contributed by atoms with Gasteiger partial charge < -0.3 is 15.8 Å². The number of halogens is 2. The monoisotopic (exact) mass is 339 g/mol. The smallest absolute Gasteiger partial charge is 0.240 e. The van der Waals surface area contributed by atoms with Crippen LogP contribution in [0.15, 0.2) is 0 Å². The molecule has 0 aromatic rings. The first-order valence-corrected chi connectivity index (χ1v) is 7.61. The predicted molar refractivity (Wildman–Crippen MR) is 87.2 cm³/mol. The van der Waals surface area contributed by atoms with Gasteiger partial charge in [-0.25, -0.2) is 0 Å². The average Bonchev–Trinajstić information content (AvgIpc) is 2.83. The third-order valence-electron chi connectivity index (χ3n) is 5.01. The first-order valence-electron chi connectivity index (χ1n) is 7.61. The van der Waals surface area contributed by atoms with Crippen molar-refractivity contribution in [3.8, 4) is 0 Å². The number of rotatable bonds is 2. The van der Waals surface area contributed by atoms with Crippen LogP contribution in [0.25, 0.3) is 0 Å². The molecule has 2 unspecified atom stereocenters. The lowest BCUT2D eigenvalue weighted by Crippen LogP contribution is -2.60. The number of hydrogen-bond acceptors (Lipinski definition) is 4. The summed E-state index contributed by atoms with van der Waals surface area (Å²) in [5.41, 5.74) is 5.54. The summed E-state index contributed by atoms with van der Waals surface area (Å²) in [6, 6.07) is 0.845. The van der Waals surface area contributed by atoms with Gasteiger partial charge in [0.25, 0.3) is 0 Å². The van der Waals surface area contributed by atoms with E-state index in [2.05, 4.69) is 10.2 Å². The highest BCUT2D eigenvalue weighted by atomic mass is 35.5. The van der Waals surface area contributed by atoms with Gasteiger partial charge in [-0.3, -0.25) is 9.69 Å². The average molecular weight is 340 g/mol. The molecule has 3 saturated heterocycles. The Kier molecular flexibility index (Phi) is 7.20. The lowest BCUT2D eigenvalue weighted by Gasteiger charge is -2.36. The number of fused-ring (bicyclic) bond motifs is 1. The van der Waals surface area contributed by atoms with Gasteiger partial charge in [0.05, 0.1) is 5.54 Å². The van der Waals surface area contributed by atoms with Crippen molar-refractivity contribution in [2.45, 2.75) is 56.1 Å². The molecular formula is C14H27Cl2N3O2. The maximum Gasteiger partial charge on any atom is 0.240 e. The molecule has 3 N–H and O–H groups in total. The van der Waals surface area contributed by atoms with Crippen LogP contribution in [0.1, 0.15) is 38.5 Å². The molecule has 2 atom stereocenters. The molecule has 3 aliphatic rings. The van der Waals surface area contributed by atoms with Crippen LogP contribution >= 0.6 is 24.8 Å². The van der Waals surface area contributed by atoms with Crippen molar-refractivity contribution in [1.82, 2.24) is 10.2 Å². The summed E-state index contributed by atoms with van der Waals surface area (Å²) in [6.07, 6.45) is 6.15. The van der Waals surface area contributed by atoms with E-state index in [1.54, 1.807) is 0 Å². The molecule has 0 radical (unpaired) electrons. The lowest BCUT2D eigenvalue weighted by molar-refractivity contribution is -0.130. The van der Waals surface area contributed by atoms with Crippen LogP contribution in [0.4, 0.5) is 0 Å². The van der Waals surface area contributed by atoms with Gasteiger partial charge in [-0.1, -0.05) is 6.42 Å². The second kappa shape index (κ2) is 7.97. The molecule has 3 rings (SSSR count). The number of nitrogens with zero attached hydrogens (tertiary/aromatic N) is 1. The second-order valence-corrected chi connectivity index (χ2v) is 6.24. The number of hydrogen-bond donors (Lipinski definition) is 2. The van der Waals surface area contributed by atoms with Crippen molar-refractivity contribution in [3.05, 3.63) is 0 Å². The fourth-order valence-corrected chi connectivity index (χ4v) is 3.69. The standard InChI is InChI=1S/C14H25N3O2.2ClH/c15-14(5-9-19-10-6-14)13(18)16-11-4-8-17-7-2-1-3-12(11)17;;/h11-12H,1-10,15H2,(H,16,18);2*1H. The molecule has 0 bridgehead atoms. The van der Waals surface area contributed by atoms with E-state index in [0.29, 0.717) is 38.1 Å². The Labute approximate surface area is 139 Å². The van der Waals surface area contributed by atoms with Crippen LogP contribution in [0.3, 0.4) is 0 Å². The maximum atomic E-state index is 12.4. The first-order chi connectivity index (χ1) is 9.19. The highest BCUT2D eigenvalue weighted by Gasteiger charge is 2.41. The van der Waals surface area contributed by atoms with Gasteiger partial charge in [-0.05, 0) is 38.6 Å². The van der Waals surface area contributed by atoms with Gasteiger partial charge in [0.15, 0.2) is 0 Å². The minimum atomic E-state index is -0.708. The quantitative estimate of drug-likeness (QED) is 0.789. The number of piperidine rings is 1. The van der Waals surface area contributed by atoms with Crippen molar-refractivity contribution in [2.24, 2.45) is 5.73 Å². The lowest BCUT2D eigenvalue weighted by atomic mass is 9.89. The fourth-order valence-electron chi connectivity index (χ4n) is 3.69. The van der Waals surface area contributed by atoms with Crippen LogP contribution in [0.5, 0.6) is 0 Å². The predicted octanol–water partition coefficient (Wildman–Crippen LogP) is 1.08. The summed E-state index contributed by atoms with van der Waals surface area (Å²) in [5.74, 6) is 0.0354. The zero-order chi connectivity index (χ0) is 13.3. The number of ether oxygens (including phenoxy) is 1. The maximum absolute atomic E-state index is 12.4. The van der Waals surface area contributed by atoms with Crippen LogP contribution in [-0.2, 0) is 9.53 Å². The minimum Gasteiger partial charge on any atom is -0.381 e. The number of carbonyl (C=O) groups excluding carboxylic acids is 1. The molecule has 0 aromatic carbocycles. The molecule has 7 heteroatoms. The third-order valence-corrected chi connectivity index (χ3v) is 5.01. The van der Waals surface area contributed by atoms with Crippen LogP contribution in [0, 0.1) is 0 Å². The molecule has 0 aromatic heterocycles. The molecule has 5 nitrogen and oxygen atoms in total. The number of nitrogens with two attached hydrogens (primary N) is 1. The SMILES string of the molecule is Cl.Cl.NC1(C(=O)NC2CCN3CCCCC23)CCOCC1. The molecule has 21 heavy (non-hydrogen) atoms. The summed E-state index contributed by atoms with van der Waals surface area (Å²) < 4.78 is 5.30. The number of nitrogens with one attached hydrogen (secondary N) is 1. The van der Waals surface area contributed by atoms with E-state index in [-0.39, 0.29) is 30.7 Å². The van der Waals surface area contributed by atoms with Gasteiger partial charge in [0.1, 0.15) is 0 Å². The van der Waals surface area contributed by atoms with Gasteiger partial charge >= 0.3 is 0 Å². The minimum absolute atomic E-state index is 0. The van der Waals surface area contributed by atoms with E-state index in [0.717, 1.165) is 13.0 Å². The van der Waals surface area contributed by atoms with E-state index in [1.165, 1.54) is 25.8 Å². The van der Waals surface area contributed by atoms with E-state index in [4.69, 9.17) is 10.5 Å². The molecule has 3 fully saturated rings. The Morgan fingerprint density at radius 2 is 1.86 bits per heavy atom. The molecule has 0 spiro atoms. The van der Waals surface area contributed by atoms with E-state index in [9.17, 15) is 4.79 Å². The highest BCUT2D eigenvalue weighted by Crippen LogP contribution is 2.28.